The van der Waals surface area contributed by atoms with Crippen LogP contribution in [-0.2, 0) is 14.9 Å². The molecule has 0 aliphatic carbocycles. The zero-order valence-electron chi connectivity index (χ0n) is 16.1. The molecule has 1 aromatic carbocycles. The summed E-state index contributed by atoms with van der Waals surface area (Å²) in [7, 11) is -0.427. The fraction of sp³-hybridized carbons (Fsp3) is 0.450. The highest BCUT2D eigenvalue weighted by Gasteiger charge is 2.51. The predicted octanol–water partition coefficient (Wildman–Crippen LogP) is 3.01. The Morgan fingerprint density at radius 3 is 2.42 bits per heavy atom. The summed E-state index contributed by atoms with van der Waals surface area (Å²) in [6.45, 7) is 11.7. The van der Waals surface area contributed by atoms with Crippen molar-refractivity contribution in [3.63, 3.8) is 0 Å². The maximum Gasteiger partial charge on any atom is 0.494 e. The standard InChI is InChI=1S/C20H24BNO3S/c1-14-13-22-17(26-14)20(6,23)11-10-15-8-7-9-16(12-15)21-24-18(2,3)19(4,5)25-21/h7-9,12-13,23H,1-6H3/t20-/m0/s1. The number of hydrogen-bond acceptors (Lipinski definition) is 5. The lowest BCUT2D eigenvalue weighted by Gasteiger charge is -2.32. The van der Waals surface area contributed by atoms with Gasteiger partial charge < -0.3 is 14.4 Å². The zero-order chi connectivity index (χ0) is 19.2. The Labute approximate surface area is 159 Å². The van der Waals surface area contributed by atoms with Gasteiger partial charge in [-0.25, -0.2) is 4.98 Å². The first-order chi connectivity index (χ1) is 12.0. The number of benzene rings is 1. The number of nitrogens with zero attached hydrogens (tertiary/aromatic N) is 1. The molecule has 26 heavy (non-hydrogen) atoms. The molecule has 1 saturated heterocycles. The Balaban J connectivity index is 1.84. The van der Waals surface area contributed by atoms with Gasteiger partial charge in [0, 0.05) is 16.6 Å². The normalized spacial score (nSPS) is 20.3. The van der Waals surface area contributed by atoms with Crippen LogP contribution in [0.4, 0.5) is 0 Å². The van der Waals surface area contributed by atoms with Gasteiger partial charge in [-0.1, -0.05) is 24.0 Å². The van der Waals surface area contributed by atoms with Crippen LogP contribution in [0.25, 0.3) is 0 Å². The number of thiazole rings is 1. The smallest absolute Gasteiger partial charge is 0.399 e. The van der Waals surface area contributed by atoms with Gasteiger partial charge in [-0.2, -0.15) is 0 Å². The molecule has 0 saturated carbocycles. The van der Waals surface area contributed by atoms with E-state index >= 15 is 0 Å². The van der Waals surface area contributed by atoms with Crippen LogP contribution < -0.4 is 5.46 Å². The van der Waals surface area contributed by atoms with E-state index < -0.39 is 12.7 Å². The van der Waals surface area contributed by atoms with Gasteiger partial charge in [-0.15, -0.1) is 11.3 Å². The van der Waals surface area contributed by atoms with E-state index in [4.69, 9.17) is 9.31 Å². The number of aryl methyl sites for hydroxylation is 1. The van der Waals surface area contributed by atoms with Gasteiger partial charge >= 0.3 is 7.12 Å². The Bertz CT molecular complexity index is 860. The van der Waals surface area contributed by atoms with Gasteiger partial charge in [-0.05, 0) is 59.1 Å². The minimum atomic E-state index is -1.28. The second-order valence-corrected chi connectivity index (χ2v) is 9.05. The van der Waals surface area contributed by atoms with Crippen molar-refractivity contribution < 1.29 is 14.4 Å². The summed E-state index contributed by atoms with van der Waals surface area (Å²) >= 11 is 1.45. The molecule has 1 aliphatic heterocycles. The van der Waals surface area contributed by atoms with Crippen molar-refractivity contribution in [2.45, 2.75) is 58.3 Å². The maximum absolute atomic E-state index is 10.6. The molecule has 1 fully saturated rings. The van der Waals surface area contributed by atoms with E-state index in [0.29, 0.717) is 5.01 Å². The molecule has 3 rings (SSSR count). The molecule has 4 nitrogen and oxygen atoms in total. The molecule has 1 N–H and O–H groups in total. The third kappa shape index (κ3) is 3.72. The first-order valence-corrected chi connectivity index (χ1v) is 9.46. The van der Waals surface area contributed by atoms with Crippen molar-refractivity contribution in [2.24, 2.45) is 0 Å². The van der Waals surface area contributed by atoms with Crippen molar-refractivity contribution >= 4 is 23.9 Å². The Hall–Kier alpha value is -1.65. The SMILES string of the molecule is Cc1cnc([C@@](C)(O)C#Cc2cccc(B3OC(C)(C)C(C)(C)O3)c2)s1. The number of aliphatic hydroxyl groups is 1. The van der Waals surface area contributed by atoms with Crippen LogP contribution in [0.2, 0.25) is 0 Å². The largest absolute Gasteiger partial charge is 0.494 e. The maximum atomic E-state index is 10.6. The average Bonchev–Trinajstić information content (AvgIpc) is 3.08. The van der Waals surface area contributed by atoms with Crippen LogP contribution in [-0.4, -0.2) is 28.4 Å². The lowest BCUT2D eigenvalue weighted by atomic mass is 9.78. The van der Waals surface area contributed by atoms with Crippen molar-refractivity contribution in [1.29, 1.82) is 0 Å². The predicted molar refractivity (Wildman–Crippen MR) is 105 cm³/mol. The van der Waals surface area contributed by atoms with Gasteiger partial charge in [0.15, 0.2) is 5.60 Å². The highest BCUT2D eigenvalue weighted by Crippen LogP contribution is 2.36. The Morgan fingerprint density at radius 2 is 1.85 bits per heavy atom. The van der Waals surface area contributed by atoms with Crippen molar-refractivity contribution in [1.82, 2.24) is 4.98 Å². The van der Waals surface area contributed by atoms with Gasteiger partial charge in [0.2, 0.25) is 0 Å². The minimum Gasteiger partial charge on any atom is -0.399 e. The van der Waals surface area contributed by atoms with E-state index in [1.807, 2.05) is 58.9 Å². The molecule has 1 atom stereocenters. The average molecular weight is 369 g/mol. The molecule has 2 aromatic rings. The molecule has 0 amide bonds. The quantitative estimate of drug-likeness (QED) is 0.653. The van der Waals surface area contributed by atoms with Crippen LogP contribution in [0.5, 0.6) is 0 Å². The summed E-state index contributed by atoms with van der Waals surface area (Å²) in [4.78, 5) is 5.28. The van der Waals surface area contributed by atoms with Gasteiger partial charge in [-0.3, -0.25) is 0 Å². The van der Waals surface area contributed by atoms with Crippen LogP contribution in [0.1, 0.15) is 50.1 Å². The summed E-state index contributed by atoms with van der Waals surface area (Å²) in [6.07, 6.45) is 1.75. The van der Waals surface area contributed by atoms with Crippen LogP contribution in [0.15, 0.2) is 30.5 Å². The molecule has 0 spiro atoms. The fourth-order valence-electron chi connectivity index (χ4n) is 2.57. The molecular weight excluding hydrogens is 345 g/mol. The number of aromatic nitrogens is 1. The molecule has 0 bridgehead atoms. The van der Waals surface area contributed by atoms with Gasteiger partial charge in [0.05, 0.1) is 11.2 Å². The second-order valence-electron chi connectivity index (χ2n) is 7.81. The van der Waals surface area contributed by atoms with Crippen molar-refractivity contribution in [3.8, 4) is 11.8 Å². The number of hydrogen-bond donors (Lipinski definition) is 1. The molecule has 6 heteroatoms. The van der Waals surface area contributed by atoms with E-state index in [2.05, 4.69) is 16.8 Å². The molecule has 136 valence electrons. The first-order valence-electron chi connectivity index (χ1n) is 8.64. The van der Waals surface area contributed by atoms with E-state index in [1.165, 1.54) is 11.3 Å². The molecule has 0 radical (unpaired) electrons. The van der Waals surface area contributed by atoms with Gasteiger partial charge in [0.25, 0.3) is 0 Å². The minimum absolute atomic E-state index is 0.383. The van der Waals surface area contributed by atoms with Crippen LogP contribution in [0, 0.1) is 18.8 Å². The fourth-order valence-corrected chi connectivity index (χ4v) is 3.33. The molecule has 1 aliphatic rings. The third-order valence-corrected chi connectivity index (χ3v) is 6.02. The Morgan fingerprint density at radius 1 is 1.19 bits per heavy atom. The Kier molecular flexibility index (Phi) is 4.79. The first kappa shape index (κ1) is 19.1. The highest BCUT2D eigenvalue weighted by atomic mass is 32.1. The van der Waals surface area contributed by atoms with Crippen LogP contribution >= 0.6 is 11.3 Å². The molecule has 0 unspecified atom stereocenters. The van der Waals surface area contributed by atoms with E-state index in [-0.39, 0.29) is 11.2 Å². The molecule has 1 aromatic heterocycles. The summed E-state index contributed by atoms with van der Waals surface area (Å²) in [5, 5.41) is 11.2. The molecular formula is C20H24BNO3S. The van der Waals surface area contributed by atoms with Crippen molar-refractivity contribution in [2.75, 3.05) is 0 Å². The summed E-state index contributed by atoms with van der Waals surface area (Å²) < 4.78 is 12.2. The summed E-state index contributed by atoms with van der Waals surface area (Å²) in [5.41, 5.74) is -0.331. The summed E-state index contributed by atoms with van der Waals surface area (Å²) in [6, 6.07) is 7.74. The second kappa shape index (κ2) is 6.51. The lowest BCUT2D eigenvalue weighted by Crippen LogP contribution is -2.41. The monoisotopic (exact) mass is 369 g/mol. The summed E-state index contributed by atoms with van der Waals surface area (Å²) in [5.74, 6) is 5.98. The van der Waals surface area contributed by atoms with Crippen molar-refractivity contribution in [3.05, 3.63) is 45.9 Å². The number of rotatable bonds is 2. The molecule has 2 heterocycles. The topological polar surface area (TPSA) is 51.6 Å². The third-order valence-electron chi connectivity index (χ3n) is 4.90. The van der Waals surface area contributed by atoms with Crippen LogP contribution in [0.3, 0.4) is 0 Å². The van der Waals surface area contributed by atoms with E-state index in [0.717, 1.165) is 15.9 Å². The van der Waals surface area contributed by atoms with Gasteiger partial charge in [0.1, 0.15) is 5.01 Å². The lowest BCUT2D eigenvalue weighted by molar-refractivity contribution is 0.00578. The highest BCUT2D eigenvalue weighted by molar-refractivity contribution is 7.11. The zero-order valence-corrected chi connectivity index (χ0v) is 16.9. The van der Waals surface area contributed by atoms with E-state index in [1.54, 1.807) is 13.1 Å². The van der Waals surface area contributed by atoms with E-state index in [9.17, 15) is 5.11 Å².